The molecule has 0 amide bonds. The van der Waals surface area contributed by atoms with Gasteiger partial charge in [-0.25, -0.2) is 0 Å². The molecule has 0 fully saturated rings. The predicted molar refractivity (Wildman–Crippen MR) is 119 cm³/mol. The van der Waals surface area contributed by atoms with Crippen LogP contribution in [0.4, 0.5) is 11.4 Å². The van der Waals surface area contributed by atoms with Crippen LogP contribution in [0, 0.1) is 7.14 Å². The normalized spacial score (nSPS) is 16.6. The zero-order chi connectivity index (χ0) is 16.8. The molecule has 0 spiro atoms. The number of aryl methyl sites for hydroxylation is 2. The minimum Gasteiger partial charge on any atom is -0.397 e. The number of nitrogen functional groups attached to an aromatic ring is 2. The molecule has 2 aromatic carbocycles. The first-order valence-corrected chi connectivity index (χ1v) is 10.9. The summed E-state index contributed by atoms with van der Waals surface area (Å²) < 4.78 is 2.34. The van der Waals surface area contributed by atoms with Crippen LogP contribution < -0.4 is 11.5 Å². The van der Waals surface area contributed by atoms with Crippen LogP contribution in [-0.2, 0) is 25.7 Å². The van der Waals surface area contributed by atoms with Crippen LogP contribution in [0.5, 0.6) is 0 Å². The second kappa shape index (κ2) is 6.67. The quantitative estimate of drug-likeness (QED) is 0.369. The number of fused-ring (bicyclic) bond motifs is 2. The molecule has 126 valence electrons. The first-order valence-electron chi connectivity index (χ1n) is 8.77. The van der Waals surface area contributed by atoms with Gasteiger partial charge >= 0.3 is 0 Å². The van der Waals surface area contributed by atoms with E-state index >= 15 is 0 Å². The lowest BCUT2D eigenvalue weighted by atomic mass is 9.79. The minimum absolute atomic E-state index is 0.928. The van der Waals surface area contributed by atoms with Gasteiger partial charge in [0.1, 0.15) is 0 Å². The van der Waals surface area contributed by atoms with Gasteiger partial charge in [0.2, 0.25) is 0 Å². The molecular weight excluding hydrogens is 522 g/mol. The standard InChI is InChI=1S/C20H22I2N2/c21-15-9-11-5-1-3-7-13(11)17(19(15)23)18-14-8-4-2-6-12(14)10-16(22)20(18)24/h9-10H,1-8,23-24H2. The summed E-state index contributed by atoms with van der Waals surface area (Å²) in [7, 11) is 0. The van der Waals surface area contributed by atoms with Gasteiger partial charge in [-0.1, -0.05) is 0 Å². The van der Waals surface area contributed by atoms with E-state index in [0.29, 0.717) is 0 Å². The maximum atomic E-state index is 6.63. The van der Waals surface area contributed by atoms with E-state index in [2.05, 4.69) is 57.3 Å². The number of hydrogen-bond donors (Lipinski definition) is 2. The van der Waals surface area contributed by atoms with E-state index in [9.17, 15) is 0 Å². The van der Waals surface area contributed by atoms with Gasteiger partial charge in [-0.05, 0) is 131 Å². The minimum atomic E-state index is 0.928. The molecule has 0 radical (unpaired) electrons. The molecule has 0 aliphatic heterocycles. The molecule has 0 saturated carbocycles. The number of benzene rings is 2. The summed E-state index contributed by atoms with van der Waals surface area (Å²) in [6.45, 7) is 0. The van der Waals surface area contributed by atoms with Crippen molar-refractivity contribution >= 4 is 56.6 Å². The van der Waals surface area contributed by atoms with E-state index in [-0.39, 0.29) is 0 Å². The Balaban J connectivity index is 2.07. The predicted octanol–water partition coefficient (Wildman–Crippen LogP) is 5.48. The highest BCUT2D eigenvalue weighted by Gasteiger charge is 2.26. The molecule has 0 bridgehead atoms. The van der Waals surface area contributed by atoms with Crippen LogP contribution >= 0.6 is 45.2 Å². The summed E-state index contributed by atoms with van der Waals surface area (Å²) in [6.07, 6.45) is 9.68. The zero-order valence-corrected chi connectivity index (χ0v) is 18.0. The lowest BCUT2D eigenvalue weighted by Gasteiger charge is -2.28. The average Bonchev–Trinajstić information content (AvgIpc) is 2.58. The summed E-state index contributed by atoms with van der Waals surface area (Å²) in [5.74, 6) is 0. The Bertz CT molecular complexity index is 758. The summed E-state index contributed by atoms with van der Waals surface area (Å²) >= 11 is 4.78. The largest absolute Gasteiger partial charge is 0.397 e. The first kappa shape index (κ1) is 16.9. The Hall–Kier alpha value is -0.500. The number of halogens is 2. The molecule has 2 aromatic rings. The molecule has 0 heterocycles. The van der Waals surface area contributed by atoms with Crippen LogP contribution in [0.15, 0.2) is 12.1 Å². The van der Waals surface area contributed by atoms with Crippen LogP contribution in [0.1, 0.15) is 47.9 Å². The third-order valence-electron chi connectivity index (χ3n) is 5.53. The summed E-state index contributed by atoms with van der Waals surface area (Å²) in [5, 5.41) is 0. The molecule has 4 rings (SSSR count). The van der Waals surface area contributed by atoms with Crippen molar-refractivity contribution in [3.05, 3.63) is 41.5 Å². The van der Waals surface area contributed by atoms with Crippen LogP contribution in [0.3, 0.4) is 0 Å². The molecule has 0 saturated heterocycles. The molecule has 0 aromatic heterocycles. The van der Waals surface area contributed by atoms with Gasteiger partial charge in [-0.15, -0.1) is 0 Å². The highest BCUT2D eigenvalue weighted by Crippen LogP contribution is 2.46. The maximum absolute atomic E-state index is 6.63. The smallest absolute Gasteiger partial charge is 0.0533 e. The first-order chi connectivity index (χ1) is 11.6. The topological polar surface area (TPSA) is 52.0 Å². The van der Waals surface area contributed by atoms with Crippen molar-refractivity contribution in [2.24, 2.45) is 0 Å². The van der Waals surface area contributed by atoms with Gasteiger partial charge in [0, 0.05) is 18.3 Å². The van der Waals surface area contributed by atoms with Crippen molar-refractivity contribution in [3.8, 4) is 11.1 Å². The Morgan fingerprint density at radius 1 is 0.625 bits per heavy atom. The van der Waals surface area contributed by atoms with E-state index < -0.39 is 0 Å². The molecule has 0 unspecified atom stereocenters. The fourth-order valence-electron chi connectivity index (χ4n) is 4.34. The lowest BCUT2D eigenvalue weighted by Crippen LogP contribution is -2.13. The van der Waals surface area contributed by atoms with Crippen molar-refractivity contribution < 1.29 is 0 Å². The molecule has 2 aliphatic carbocycles. The molecule has 4 N–H and O–H groups in total. The van der Waals surface area contributed by atoms with Crippen LogP contribution in [0.25, 0.3) is 11.1 Å². The highest BCUT2D eigenvalue weighted by molar-refractivity contribution is 14.1. The van der Waals surface area contributed by atoms with Crippen molar-refractivity contribution in [2.75, 3.05) is 11.5 Å². The third kappa shape index (κ3) is 2.73. The van der Waals surface area contributed by atoms with E-state index in [1.165, 1.54) is 79.0 Å². The van der Waals surface area contributed by atoms with Gasteiger partial charge in [-0.2, -0.15) is 0 Å². The van der Waals surface area contributed by atoms with Gasteiger partial charge < -0.3 is 11.5 Å². The molecule has 4 heteroatoms. The van der Waals surface area contributed by atoms with E-state index in [1.807, 2.05) is 0 Å². The van der Waals surface area contributed by atoms with E-state index in [4.69, 9.17) is 11.5 Å². The molecule has 2 aliphatic rings. The summed E-state index contributed by atoms with van der Waals surface area (Å²) in [4.78, 5) is 0. The van der Waals surface area contributed by atoms with E-state index in [0.717, 1.165) is 24.2 Å². The Morgan fingerprint density at radius 3 is 1.42 bits per heavy atom. The third-order valence-corrected chi connectivity index (χ3v) is 7.31. The fourth-order valence-corrected chi connectivity index (χ4v) is 5.63. The molecule has 2 nitrogen and oxygen atoms in total. The second-order valence-corrected chi connectivity index (χ2v) is 9.31. The maximum Gasteiger partial charge on any atom is 0.0533 e. The number of rotatable bonds is 1. The number of anilines is 2. The van der Waals surface area contributed by atoms with Crippen LogP contribution in [0.2, 0.25) is 0 Å². The summed E-state index contributed by atoms with van der Waals surface area (Å²) in [6, 6.07) is 4.59. The SMILES string of the molecule is Nc1c(I)cc2c(c1-c1c(N)c(I)cc3c1CCCC3)CCCC2. The van der Waals surface area contributed by atoms with Gasteiger partial charge in [0.05, 0.1) is 11.4 Å². The van der Waals surface area contributed by atoms with E-state index in [1.54, 1.807) is 0 Å². The average molecular weight is 544 g/mol. The zero-order valence-electron chi connectivity index (χ0n) is 13.7. The van der Waals surface area contributed by atoms with Crippen molar-refractivity contribution in [3.63, 3.8) is 0 Å². The van der Waals surface area contributed by atoms with Crippen molar-refractivity contribution in [1.82, 2.24) is 0 Å². The molecular formula is C20H22I2N2. The van der Waals surface area contributed by atoms with Crippen molar-refractivity contribution in [2.45, 2.75) is 51.4 Å². The summed E-state index contributed by atoms with van der Waals surface area (Å²) in [5.41, 5.74) is 23.5. The Kier molecular flexibility index (Phi) is 4.71. The molecule has 24 heavy (non-hydrogen) atoms. The van der Waals surface area contributed by atoms with Crippen LogP contribution in [-0.4, -0.2) is 0 Å². The van der Waals surface area contributed by atoms with Crippen molar-refractivity contribution in [1.29, 1.82) is 0 Å². The number of hydrogen-bond acceptors (Lipinski definition) is 2. The van der Waals surface area contributed by atoms with Gasteiger partial charge in [0.15, 0.2) is 0 Å². The monoisotopic (exact) mass is 544 g/mol. The number of nitrogens with two attached hydrogens (primary N) is 2. The van der Waals surface area contributed by atoms with Gasteiger partial charge in [0.25, 0.3) is 0 Å². The highest BCUT2D eigenvalue weighted by atomic mass is 127. The van der Waals surface area contributed by atoms with Gasteiger partial charge in [-0.3, -0.25) is 0 Å². The Morgan fingerprint density at radius 2 is 1.00 bits per heavy atom. The lowest BCUT2D eigenvalue weighted by molar-refractivity contribution is 0.681. The Labute approximate surface area is 171 Å². The molecule has 0 atom stereocenters. The second-order valence-electron chi connectivity index (χ2n) is 6.98. The fraction of sp³-hybridized carbons (Fsp3) is 0.400.